The van der Waals surface area contributed by atoms with Crippen LogP contribution in [-0.2, 0) is 13.0 Å². The van der Waals surface area contributed by atoms with Gasteiger partial charge in [0, 0.05) is 12.6 Å². The Hall–Kier alpha value is -1.61. The lowest BCUT2D eigenvalue weighted by atomic mass is 10.1. The summed E-state index contributed by atoms with van der Waals surface area (Å²) >= 11 is 0. The summed E-state index contributed by atoms with van der Waals surface area (Å²) in [4.78, 5) is 2.50. The van der Waals surface area contributed by atoms with Crippen molar-refractivity contribution < 1.29 is 4.52 Å². The first-order valence-electron chi connectivity index (χ1n) is 7.51. The molecule has 1 saturated heterocycles. The summed E-state index contributed by atoms with van der Waals surface area (Å²) in [6.45, 7) is 6.37. The number of hydrogen-bond donors (Lipinski definition) is 0. The average Bonchev–Trinajstić information content (AvgIpc) is 3.09. The second kappa shape index (κ2) is 5.80. The molecule has 1 aromatic carbocycles. The minimum Gasteiger partial charge on any atom is -0.359 e. The van der Waals surface area contributed by atoms with E-state index >= 15 is 0 Å². The highest BCUT2D eigenvalue weighted by atomic mass is 16.5. The van der Waals surface area contributed by atoms with Gasteiger partial charge < -0.3 is 4.52 Å². The van der Waals surface area contributed by atoms with Crippen LogP contribution < -0.4 is 0 Å². The first-order valence-corrected chi connectivity index (χ1v) is 7.51. The number of aromatic nitrogens is 1. The van der Waals surface area contributed by atoms with Crippen LogP contribution in [0.3, 0.4) is 0 Å². The Morgan fingerprint density at radius 1 is 1.30 bits per heavy atom. The van der Waals surface area contributed by atoms with E-state index in [1.165, 1.54) is 24.0 Å². The molecule has 20 heavy (non-hydrogen) atoms. The lowest BCUT2D eigenvalue weighted by Crippen LogP contribution is -2.22. The Morgan fingerprint density at radius 3 is 2.80 bits per heavy atom. The number of aryl methyl sites for hydroxylation is 2. The van der Waals surface area contributed by atoms with Gasteiger partial charge in [-0.3, -0.25) is 4.90 Å². The standard InChI is InChI=1S/C17H22N2O/c1-3-15-11-17(20-18-15)16-5-4-10-19(16)12-14-8-6-13(2)7-9-14/h6-9,11,16H,3-5,10,12H2,1-2H3/t16-/m0/s1. The molecule has 3 heteroatoms. The molecule has 0 spiro atoms. The van der Waals surface area contributed by atoms with Gasteiger partial charge in [0.2, 0.25) is 0 Å². The molecule has 1 aliphatic heterocycles. The molecule has 0 unspecified atom stereocenters. The fourth-order valence-electron chi connectivity index (χ4n) is 2.92. The Morgan fingerprint density at radius 2 is 2.10 bits per heavy atom. The van der Waals surface area contributed by atoms with Gasteiger partial charge in [0.25, 0.3) is 0 Å². The van der Waals surface area contributed by atoms with Gasteiger partial charge in [-0.1, -0.05) is 41.9 Å². The zero-order valence-electron chi connectivity index (χ0n) is 12.3. The quantitative estimate of drug-likeness (QED) is 0.844. The molecule has 106 valence electrons. The van der Waals surface area contributed by atoms with Crippen LogP contribution >= 0.6 is 0 Å². The summed E-state index contributed by atoms with van der Waals surface area (Å²) in [6, 6.07) is 11.3. The molecule has 3 rings (SSSR count). The van der Waals surface area contributed by atoms with E-state index in [4.69, 9.17) is 4.52 Å². The van der Waals surface area contributed by atoms with Crippen molar-refractivity contribution in [2.24, 2.45) is 0 Å². The van der Waals surface area contributed by atoms with E-state index in [0.717, 1.165) is 31.0 Å². The summed E-state index contributed by atoms with van der Waals surface area (Å²) < 4.78 is 5.53. The summed E-state index contributed by atoms with van der Waals surface area (Å²) in [6.07, 6.45) is 3.34. The molecule has 0 N–H and O–H groups in total. The van der Waals surface area contributed by atoms with Crippen molar-refractivity contribution >= 4 is 0 Å². The predicted molar refractivity (Wildman–Crippen MR) is 79.4 cm³/mol. The predicted octanol–water partition coefficient (Wildman–Crippen LogP) is 3.88. The van der Waals surface area contributed by atoms with Crippen molar-refractivity contribution in [3.8, 4) is 0 Å². The molecule has 0 radical (unpaired) electrons. The largest absolute Gasteiger partial charge is 0.359 e. The summed E-state index contributed by atoms with van der Waals surface area (Å²) in [5, 5.41) is 4.13. The number of benzene rings is 1. The molecule has 0 amide bonds. The van der Waals surface area contributed by atoms with Crippen molar-refractivity contribution in [3.05, 3.63) is 52.9 Å². The third kappa shape index (κ3) is 2.78. The molecule has 0 bridgehead atoms. The lowest BCUT2D eigenvalue weighted by molar-refractivity contribution is 0.206. The van der Waals surface area contributed by atoms with Crippen LogP contribution in [0.25, 0.3) is 0 Å². The molecule has 1 fully saturated rings. The van der Waals surface area contributed by atoms with E-state index in [-0.39, 0.29) is 0 Å². The van der Waals surface area contributed by atoms with Crippen molar-refractivity contribution in [2.75, 3.05) is 6.54 Å². The maximum absolute atomic E-state index is 5.53. The highest BCUT2D eigenvalue weighted by Gasteiger charge is 2.29. The normalized spacial score (nSPS) is 19.6. The zero-order chi connectivity index (χ0) is 13.9. The fraction of sp³-hybridized carbons (Fsp3) is 0.471. The van der Waals surface area contributed by atoms with Gasteiger partial charge in [0.05, 0.1) is 11.7 Å². The van der Waals surface area contributed by atoms with Gasteiger partial charge in [0.1, 0.15) is 0 Å². The summed E-state index contributed by atoms with van der Waals surface area (Å²) in [5.41, 5.74) is 3.74. The fourth-order valence-corrected chi connectivity index (χ4v) is 2.92. The van der Waals surface area contributed by atoms with E-state index in [0.29, 0.717) is 6.04 Å². The molecule has 1 atom stereocenters. The third-order valence-electron chi connectivity index (χ3n) is 4.14. The lowest BCUT2D eigenvalue weighted by Gasteiger charge is -2.22. The first-order chi connectivity index (χ1) is 9.76. The third-order valence-corrected chi connectivity index (χ3v) is 4.14. The number of nitrogens with zero attached hydrogens (tertiary/aromatic N) is 2. The summed E-state index contributed by atoms with van der Waals surface area (Å²) in [5.74, 6) is 1.03. The molecule has 0 aliphatic carbocycles. The second-order valence-corrected chi connectivity index (χ2v) is 5.69. The Kier molecular flexibility index (Phi) is 3.88. The minimum absolute atomic E-state index is 0.393. The van der Waals surface area contributed by atoms with Crippen LogP contribution in [-0.4, -0.2) is 16.6 Å². The Balaban J connectivity index is 1.73. The van der Waals surface area contributed by atoms with E-state index < -0.39 is 0 Å². The molecular formula is C17H22N2O. The van der Waals surface area contributed by atoms with E-state index in [2.05, 4.69) is 54.2 Å². The van der Waals surface area contributed by atoms with Gasteiger partial charge in [0.15, 0.2) is 5.76 Å². The SMILES string of the molecule is CCc1cc([C@@H]2CCCN2Cc2ccc(C)cc2)on1. The topological polar surface area (TPSA) is 29.3 Å². The molecular weight excluding hydrogens is 248 g/mol. The van der Waals surface area contributed by atoms with E-state index in [9.17, 15) is 0 Å². The van der Waals surface area contributed by atoms with Crippen LogP contribution in [0.4, 0.5) is 0 Å². The van der Waals surface area contributed by atoms with Gasteiger partial charge in [-0.15, -0.1) is 0 Å². The van der Waals surface area contributed by atoms with Crippen LogP contribution in [0.15, 0.2) is 34.9 Å². The Labute approximate surface area is 120 Å². The molecule has 0 saturated carbocycles. The summed E-state index contributed by atoms with van der Waals surface area (Å²) in [7, 11) is 0. The molecule has 1 aliphatic rings. The van der Waals surface area contributed by atoms with E-state index in [1.54, 1.807) is 0 Å². The second-order valence-electron chi connectivity index (χ2n) is 5.69. The van der Waals surface area contributed by atoms with Crippen molar-refractivity contribution in [3.63, 3.8) is 0 Å². The van der Waals surface area contributed by atoms with Crippen LogP contribution in [0, 0.1) is 6.92 Å². The first kappa shape index (κ1) is 13.4. The van der Waals surface area contributed by atoms with Crippen molar-refractivity contribution in [2.45, 2.75) is 45.7 Å². The Bertz CT molecular complexity index is 559. The highest BCUT2D eigenvalue weighted by molar-refractivity contribution is 5.22. The van der Waals surface area contributed by atoms with Crippen molar-refractivity contribution in [1.29, 1.82) is 0 Å². The smallest absolute Gasteiger partial charge is 0.154 e. The minimum atomic E-state index is 0.393. The monoisotopic (exact) mass is 270 g/mol. The number of rotatable bonds is 4. The number of likely N-dealkylation sites (tertiary alicyclic amines) is 1. The van der Waals surface area contributed by atoms with Gasteiger partial charge in [-0.05, 0) is 38.3 Å². The molecule has 1 aromatic heterocycles. The highest BCUT2D eigenvalue weighted by Crippen LogP contribution is 2.33. The average molecular weight is 270 g/mol. The maximum atomic E-state index is 5.53. The maximum Gasteiger partial charge on any atom is 0.154 e. The molecule has 2 heterocycles. The van der Waals surface area contributed by atoms with Gasteiger partial charge in [-0.2, -0.15) is 0 Å². The van der Waals surface area contributed by atoms with Gasteiger partial charge >= 0.3 is 0 Å². The van der Waals surface area contributed by atoms with Gasteiger partial charge in [-0.25, -0.2) is 0 Å². The van der Waals surface area contributed by atoms with E-state index in [1.807, 2.05) is 0 Å². The zero-order valence-corrected chi connectivity index (χ0v) is 12.3. The molecule has 3 nitrogen and oxygen atoms in total. The number of hydrogen-bond acceptors (Lipinski definition) is 3. The van der Waals surface area contributed by atoms with Crippen LogP contribution in [0.1, 0.15) is 48.4 Å². The van der Waals surface area contributed by atoms with Crippen molar-refractivity contribution in [1.82, 2.24) is 10.1 Å². The molecule has 2 aromatic rings. The van der Waals surface area contributed by atoms with Crippen LogP contribution in [0.2, 0.25) is 0 Å². The van der Waals surface area contributed by atoms with Crippen LogP contribution in [0.5, 0.6) is 0 Å².